The van der Waals surface area contributed by atoms with Crippen LogP contribution in [-0.2, 0) is 17.8 Å². The molecule has 1 aliphatic rings. The predicted octanol–water partition coefficient (Wildman–Crippen LogP) is 4.52. The lowest BCUT2D eigenvalue weighted by molar-refractivity contribution is -0.117. The van der Waals surface area contributed by atoms with Crippen LogP contribution in [0.2, 0.25) is 0 Å². The zero-order valence-corrected chi connectivity index (χ0v) is 16.0. The minimum atomic E-state index is -0.178. The third-order valence-corrected chi connectivity index (χ3v) is 6.02. The van der Waals surface area contributed by atoms with Gasteiger partial charge in [-0.05, 0) is 50.5 Å². The van der Waals surface area contributed by atoms with Crippen molar-refractivity contribution in [2.75, 3.05) is 11.4 Å². The SMILES string of the molecule is CCn1c(SC(C)C(=O)N2CCCc3ccccc32)nc2ccccc21. The second-order valence-corrected chi connectivity index (χ2v) is 7.92. The Hall–Kier alpha value is -2.27. The van der Waals surface area contributed by atoms with Crippen LogP contribution in [0, 0.1) is 0 Å². The minimum Gasteiger partial charge on any atom is -0.319 e. The Bertz CT molecular complexity index is 949. The van der Waals surface area contributed by atoms with Crippen molar-refractivity contribution in [1.29, 1.82) is 0 Å². The Kier molecular flexibility index (Phi) is 4.72. The first-order valence-electron chi connectivity index (χ1n) is 9.20. The highest BCUT2D eigenvalue weighted by Gasteiger charge is 2.27. The third-order valence-electron chi connectivity index (χ3n) is 4.94. The van der Waals surface area contributed by atoms with Crippen molar-refractivity contribution in [2.24, 2.45) is 0 Å². The summed E-state index contributed by atoms with van der Waals surface area (Å²) in [6.07, 6.45) is 2.07. The molecule has 0 saturated heterocycles. The molecule has 1 aromatic heterocycles. The second-order valence-electron chi connectivity index (χ2n) is 6.61. The van der Waals surface area contributed by atoms with Crippen LogP contribution < -0.4 is 4.90 Å². The molecule has 1 aliphatic heterocycles. The van der Waals surface area contributed by atoms with Crippen LogP contribution in [0.5, 0.6) is 0 Å². The lowest BCUT2D eigenvalue weighted by Gasteiger charge is -2.31. The molecule has 4 rings (SSSR count). The van der Waals surface area contributed by atoms with E-state index in [-0.39, 0.29) is 11.2 Å². The van der Waals surface area contributed by atoms with Crippen molar-refractivity contribution in [3.05, 3.63) is 54.1 Å². The Balaban J connectivity index is 1.59. The van der Waals surface area contributed by atoms with Crippen LogP contribution in [0.15, 0.2) is 53.7 Å². The van der Waals surface area contributed by atoms with Crippen molar-refractivity contribution < 1.29 is 4.79 Å². The first kappa shape index (κ1) is 17.2. The summed E-state index contributed by atoms with van der Waals surface area (Å²) in [5, 5.41) is 0.739. The lowest BCUT2D eigenvalue weighted by Crippen LogP contribution is -2.40. The van der Waals surface area contributed by atoms with Gasteiger partial charge in [0.15, 0.2) is 5.16 Å². The monoisotopic (exact) mass is 365 g/mol. The number of aryl methyl sites for hydroxylation is 2. The Morgan fingerprint density at radius 1 is 1.19 bits per heavy atom. The number of benzene rings is 2. The van der Waals surface area contributed by atoms with Crippen LogP contribution in [0.4, 0.5) is 5.69 Å². The largest absolute Gasteiger partial charge is 0.319 e. The number of fused-ring (bicyclic) bond motifs is 2. The number of thioether (sulfide) groups is 1. The quantitative estimate of drug-likeness (QED) is 0.638. The van der Waals surface area contributed by atoms with E-state index in [1.807, 2.05) is 36.1 Å². The van der Waals surface area contributed by atoms with Crippen LogP contribution >= 0.6 is 11.8 Å². The third kappa shape index (κ3) is 3.01. The van der Waals surface area contributed by atoms with Crippen LogP contribution in [0.3, 0.4) is 0 Å². The van der Waals surface area contributed by atoms with Gasteiger partial charge in [-0.15, -0.1) is 0 Å². The predicted molar refractivity (Wildman–Crippen MR) is 108 cm³/mol. The molecule has 2 aromatic carbocycles. The highest BCUT2D eigenvalue weighted by molar-refractivity contribution is 8.00. The maximum Gasteiger partial charge on any atom is 0.240 e. The van der Waals surface area contributed by atoms with Gasteiger partial charge < -0.3 is 9.47 Å². The van der Waals surface area contributed by atoms with E-state index in [1.165, 1.54) is 5.56 Å². The standard InChI is InChI=1S/C21H23N3OS/c1-3-23-19-13-7-5-11-17(19)22-21(23)26-15(2)20(25)24-14-8-10-16-9-4-6-12-18(16)24/h4-7,9,11-13,15H,3,8,10,14H2,1-2H3. The molecule has 5 heteroatoms. The summed E-state index contributed by atoms with van der Waals surface area (Å²) in [5.41, 5.74) is 4.45. The van der Waals surface area contributed by atoms with Crippen molar-refractivity contribution in [3.8, 4) is 0 Å². The molecular weight excluding hydrogens is 342 g/mol. The van der Waals surface area contributed by atoms with Crippen LogP contribution in [0.25, 0.3) is 11.0 Å². The molecule has 134 valence electrons. The number of nitrogens with zero attached hydrogens (tertiary/aromatic N) is 3. The Labute approximate surface area is 158 Å². The highest BCUT2D eigenvalue weighted by Crippen LogP contribution is 2.32. The topological polar surface area (TPSA) is 38.1 Å². The van der Waals surface area contributed by atoms with E-state index >= 15 is 0 Å². The molecule has 3 aromatic rings. The number of amides is 1. The van der Waals surface area contributed by atoms with Crippen LogP contribution in [-0.4, -0.2) is 27.3 Å². The van der Waals surface area contributed by atoms with Gasteiger partial charge in [0.1, 0.15) is 0 Å². The summed E-state index contributed by atoms with van der Waals surface area (Å²) in [7, 11) is 0. The van der Waals surface area contributed by atoms with Crippen LogP contribution in [0.1, 0.15) is 25.8 Å². The molecule has 26 heavy (non-hydrogen) atoms. The summed E-state index contributed by atoms with van der Waals surface area (Å²) in [4.78, 5) is 19.9. The number of imidazole rings is 1. The van der Waals surface area contributed by atoms with Gasteiger partial charge in [-0.3, -0.25) is 4.79 Å². The number of aromatic nitrogens is 2. The zero-order chi connectivity index (χ0) is 18.1. The molecule has 0 N–H and O–H groups in total. The molecule has 0 bridgehead atoms. The maximum atomic E-state index is 13.1. The molecule has 0 radical (unpaired) electrons. The number of carbonyl (C=O) groups is 1. The normalized spacial score (nSPS) is 15.1. The molecule has 1 unspecified atom stereocenters. The second kappa shape index (κ2) is 7.16. The smallest absolute Gasteiger partial charge is 0.240 e. The number of carbonyl (C=O) groups excluding carboxylic acids is 1. The number of hydrogen-bond donors (Lipinski definition) is 0. The summed E-state index contributed by atoms with van der Waals surface area (Å²) in [6.45, 7) is 5.75. The number of hydrogen-bond acceptors (Lipinski definition) is 3. The molecule has 1 amide bonds. The average molecular weight is 366 g/mol. The number of anilines is 1. The van der Waals surface area contributed by atoms with Gasteiger partial charge in [-0.25, -0.2) is 4.98 Å². The van der Waals surface area contributed by atoms with E-state index in [1.54, 1.807) is 11.8 Å². The minimum absolute atomic E-state index is 0.164. The Morgan fingerprint density at radius 2 is 1.96 bits per heavy atom. The molecule has 0 saturated carbocycles. The lowest BCUT2D eigenvalue weighted by atomic mass is 10.0. The fourth-order valence-electron chi connectivity index (χ4n) is 3.64. The van der Waals surface area contributed by atoms with Gasteiger partial charge in [0.25, 0.3) is 0 Å². The molecule has 0 spiro atoms. The van der Waals surface area contributed by atoms with E-state index in [2.05, 4.69) is 35.8 Å². The number of rotatable bonds is 4. The highest BCUT2D eigenvalue weighted by atomic mass is 32.2. The summed E-state index contributed by atoms with van der Waals surface area (Å²) < 4.78 is 2.19. The van der Waals surface area contributed by atoms with Crippen molar-refractivity contribution >= 4 is 34.4 Å². The van der Waals surface area contributed by atoms with Gasteiger partial charge >= 0.3 is 0 Å². The average Bonchev–Trinajstić information content (AvgIpc) is 3.03. The number of para-hydroxylation sites is 3. The van der Waals surface area contributed by atoms with E-state index in [0.717, 1.165) is 47.8 Å². The van der Waals surface area contributed by atoms with Crippen molar-refractivity contribution in [3.63, 3.8) is 0 Å². The van der Waals surface area contributed by atoms with E-state index in [0.29, 0.717) is 0 Å². The van der Waals surface area contributed by atoms with E-state index in [4.69, 9.17) is 4.98 Å². The first-order chi connectivity index (χ1) is 12.7. The van der Waals surface area contributed by atoms with Gasteiger partial charge in [0.2, 0.25) is 5.91 Å². The molecule has 2 heterocycles. The van der Waals surface area contributed by atoms with Gasteiger partial charge in [0, 0.05) is 18.8 Å². The fourth-order valence-corrected chi connectivity index (χ4v) is 4.69. The van der Waals surface area contributed by atoms with Gasteiger partial charge in [-0.1, -0.05) is 42.1 Å². The van der Waals surface area contributed by atoms with Crippen molar-refractivity contribution in [1.82, 2.24) is 9.55 Å². The molecule has 0 aliphatic carbocycles. The van der Waals surface area contributed by atoms with Gasteiger partial charge in [0.05, 0.1) is 16.3 Å². The summed E-state index contributed by atoms with van der Waals surface area (Å²) in [6, 6.07) is 16.4. The van der Waals surface area contributed by atoms with E-state index in [9.17, 15) is 4.79 Å². The Morgan fingerprint density at radius 3 is 2.81 bits per heavy atom. The summed E-state index contributed by atoms with van der Waals surface area (Å²) in [5.74, 6) is 0.164. The summed E-state index contributed by atoms with van der Waals surface area (Å²) >= 11 is 1.56. The van der Waals surface area contributed by atoms with Crippen molar-refractivity contribution in [2.45, 2.75) is 43.6 Å². The maximum absolute atomic E-state index is 13.1. The van der Waals surface area contributed by atoms with E-state index < -0.39 is 0 Å². The fraction of sp³-hybridized carbons (Fsp3) is 0.333. The zero-order valence-electron chi connectivity index (χ0n) is 15.2. The van der Waals surface area contributed by atoms with Gasteiger partial charge in [-0.2, -0.15) is 0 Å². The molecular formula is C21H23N3OS. The molecule has 0 fully saturated rings. The molecule has 4 nitrogen and oxygen atoms in total. The molecule has 1 atom stereocenters. The first-order valence-corrected chi connectivity index (χ1v) is 10.1.